The summed E-state index contributed by atoms with van der Waals surface area (Å²) in [7, 11) is 0. The molecule has 3 nitrogen and oxygen atoms in total. The van der Waals surface area contributed by atoms with Crippen molar-refractivity contribution in [1.29, 1.82) is 0 Å². The third-order valence-corrected chi connectivity index (χ3v) is 2.31. The summed E-state index contributed by atoms with van der Waals surface area (Å²) in [4.78, 5) is 0. The van der Waals surface area contributed by atoms with Gasteiger partial charge in [-0.05, 0) is 12.8 Å². The van der Waals surface area contributed by atoms with Gasteiger partial charge < -0.3 is 14.6 Å². The Morgan fingerprint density at radius 1 is 1.14 bits per heavy atom. The van der Waals surface area contributed by atoms with E-state index in [1.807, 2.05) is 6.92 Å². The molecule has 0 aliphatic carbocycles. The summed E-state index contributed by atoms with van der Waals surface area (Å²) in [6.07, 6.45) is 0.802. The number of aliphatic hydroxyl groups excluding tert-OH is 2. The van der Waals surface area contributed by atoms with Gasteiger partial charge >= 0.3 is 0 Å². The number of hydrogen-bond acceptors (Lipinski definition) is 3. The summed E-state index contributed by atoms with van der Waals surface area (Å²) in [5.41, 5.74) is 1.50. The molecular weight excluding hydrogens is 180 g/mol. The maximum atomic E-state index is 9.19. The zero-order valence-electron chi connectivity index (χ0n) is 9.00. The SMILES string of the molecule is Cc1oc(CC(C)C)c(CO)c1CO. The van der Waals surface area contributed by atoms with Crippen LogP contribution in [0.3, 0.4) is 0 Å². The van der Waals surface area contributed by atoms with Crippen LogP contribution in [0.1, 0.15) is 36.5 Å². The zero-order valence-corrected chi connectivity index (χ0v) is 9.00. The minimum Gasteiger partial charge on any atom is -0.466 e. The van der Waals surface area contributed by atoms with E-state index in [1.54, 1.807) is 0 Å². The molecule has 0 amide bonds. The van der Waals surface area contributed by atoms with E-state index in [0.717, 1.165) is 23.3 Å². The Hall–Kier alpha value is -0.800. The molecule has 0 aliphatic heterocycles. The maximum absolute atomic E-state index is 9.19. The Bertz CT molecular complexity index is 300. The summed E-state index contributed by atoms with van der Waals surface area (Å²) in [5, 5.41) is 18.3. The van der Waals surface area contributed by atoms with Crippen LogP contribution < -0.4 is 0 Å². The first-order valence-corrected chi connectivity index (χ1v) is 4.91. The Morgan fingerprint density at radius 3 is 2.14 bits per heavy atom. The normalized spacial score (nSPS) is 11.3. The molecule has 80 valence electrons. The molecule has 0 spiro atoms. The molecule has 1 rings (SSSR count). The predicted octanol–water partition coefficient (Wildman–Crippen LogP) is 1.77. The fourth-order valence-electron chi connectivity index (χ4n) is 1.61. The van der Waals surface area contributed by atoms with Gasteiger partial charge in [-0.2, -0.15) is 0 Å². The topological polar surface area (TPSA) is 53.6 Å². The van der Waals surface area contributed by atoms with Crippen LogP contribution in [-0.4, -0.2) is 10.2 Å². The van der Waals surface area contributed by atoms with E-state index in [0.29, 0.717) is 11.7 Å². The highest BCUT2D eigenvalue weighted by molar-refractivity contribution is 5.32. The van der Waals surface area contributed by atoms with Crippen LogP contribution in [0.15, 0.2) is 4.42 Å². The largest absolute Gasteiger partial charge is 0.466 e. The van der Waals surface area contributed by atoms with Crippen molar-refractivity contribution in [2.24, 2.45) is 5.92 Å². The van der Waals surface area contributed by atoms with Crippen molar-refractivity contribution < 1.29 is 14.6 Å². The van der Waals surface area contributed by atoms with Gasteiger partial charge in [0.1, 0.15) is 11.5 Å². The summed E-state index contributed by atoms with van der Waals surface area (Å²) >= 11 is 0. The van der Waals surface area contributed by atoms with Crippen LogP contribution in [0.2, 0.25) is 0 Å². The maximum Gasteiger partial charge on any atom is 0.110 e. The molecular formula is C11H18O3. The quantitative estimate of drug-likeness (QED) is 0.775. The van der Waals surface area contributed by atoms with Crippen LogP contribution in [0.5, 0.6) is 0 Å². The number of furan rings is 1. The molecule has 0 bridgehead atoms. The molecule has 0 aromatic carbocycles. The van der Waals surface area contributed by atoms with Crippen LogP contribution in [0.4, 0.5) is 0 Å². The predicted molar refractivity (Wildman–Crippen MR) is 53.8 cm³/mol. The second kappa shape index (κ2) is 4.62. The second-order valence-electron chi connectivity index (χ2n) is 3.95. The highest BCUT2D eigenvalue weighted by Crippen LogP contribution is 2.24. The second-order valence-corrected chi connectivity index (χ2v) is 3.95. The molecule has 0 saturated heterocycles. The average molecular weight is 198 g/mol. The summed E-state index contributed by atoms with van der Waals surface area (Å²) in [5.74, 6) is 2.01. The van der Waals surface area contributed by atoms with Crippen LogP contribution in [-0.2, 0) is 19.6 Å². The smallest absolute Gasteiger partial charge is 0.110 e. The third-order valence-electron chi connectivity index (χ3n) is 2.31. The standard InChI is InChI=1S/C11H18O3/c1-7(2)4-11-10(6-13)9(5-12)8(3)14-11/h7,12-13H,4-6H2,1-3H3. The minimum atomic E-state index is -0.0661. The first-order chi connectivity index (χ1) is 6.60. The molecule has 0 saturated carbocycles. The Balaban J connectivity index is 3.04. The number of rotatable bonds is 4. The van der Waals surface area contributed by atoms with Gasteiger partial charge in [-0.3, -0.25) is 0 Å². The first kappa shape index (κ1) is 11.3. The van der Waals surface area contributed by atoms with Crippen LogP contribution >= 0.6 is 0 Å². The molecule has 1 heterocycles. The summed E-state index contributed by atoms with van der Waals surface area (Å²) < 4.78 is 5.52. The zero-order chi connectivity index (χ0) is 10.7. The Labute approximate surface area is 84.4 Å². The monoisotopic (exact) mass is 198 g/mol. The van der Waals surface area contributed by atoms with Crippen molar-refractivity contribution in [3.05, 3.63) is 22.6 Å². The molecule has 1 aromatic rings. The van der Waals surface area contributed by atoms with E-state index in [1.165, 1.54) is 0 Å². The van der Waals surface area contributed by atoms with Gasteiger partial charge in [-0.1, -0.05) is 13.8 Å². The van der Waals surface area contributed by atoms with Crippen molar-refractivity contribution >= 4 is 0 Å². The van der Waals surface area contributed by atoms with Crippen molar-refractivity contribution in [3.8, 4) is 0 Å². The average Bonchev–Trinajstić information content (AvgIpc) is 2.39. The van der Waals surface area contributed by atoms with E-state index >= 15 is 0 Å². The lowest BCUT2D eigenvalue weighted by molar-refractivity contribution is 0.259. The van der Waals surface area contributed by atoms with Gasteiger partial charge in [0.25, 0.3) is 0 Å². The molecule has 1 aromatic heterocycles. The third kappa shape index (κ3) is 2.16. The fraction of sp³-hybridized carbons (Fsp3) is 0.636. The molecule has 0 fully saturated rings. The molecule has 3 heteroatoms. The molecule has 0 aliphatic rings. The molecule has 14 heavy (non-hydrogen) atoms. The van der Waals surface area contributed by atoms with Crippen molar-refractivity contribution in [2.75, 3.05) is 0 Å². The van der Waals surface area contributed by atoms with E-state index in [4.69, 9.17) is 9.52 Å². The van der Waals surface area contributed by atoms with Gasteiger partial charge in [-0.15, -0.1) is 0 Å². The minimum absolute atomic E-state index is 0.0602. The van der Waals surface area contributed by atoms with Crippen LogP contribution in [0.25, 0.3) is 0 Å². The number of aliphatic hydroxyl groups is 2. The lowest BCUT2D eigenvalue weighted by Crippen LogP contribution is -1.98. The van der Waals surface area contributed by atoms with Gasteiger partial charge in [0.2, 0.25) is 0 Å². The van der Waals surface area contributed by atoms with Gasteiger partial charge in [0, 0.05) is 17.5 Å². The Kier molecular flexibility index (Phi) is 3.72. The highest BCUT2D eigenvalue weighted by Gasteiger charge is 2.16. The van der Waals surface area contributed by atoms with E-state index < -0.39 is 0 Å². The summed E-state index contributed by atoms with van der Waals surface area (Å²) in [6, 6.07) is 0. The van der Waals surface area contributed by atoms with Crippen LogP contribution in [0, 0.1) is 12.8 Å². The molecule has 0 unspecified atom stereocenters. The Morgan fingerprint density at radius 2 is 1.71 bits per heavy atom. The highest BCUT2D eigenvalue weighted by atomic mass is 16.3. The van der Waals surface area contributed by atoms with Gasteiger partial charge in [0.15, 0.2) is 0 Å². The van der Waals surface area contributed by atoms with E-state index in [-0.39, 0.29) is 13.2 Å². The summed E-state index contributed by atoms with van der Waals surface area (Å²) in [6.45, 7) is 5.88. The van der Waals surface area contributed by atoms with Crippen molar-refractivity contribution in [3.63, 3.8) is 0 Å². The number of hydrogen-bond donors (Lipinski definition) is 2. The lowest BCUT2D eigenvalue weighted by atomic mass is 10.0. The molecule has 0 radical (unpaired) electrons. The molecule has 0 atom stereocenters. The fourth-order valence-corrected chi connectivity index (χ4v) is 1.61. The van der Waals surface area contributed by atoms with E-state index in [2.05, 4.69) is 13.8 Å². The van der Waals surface area contributed by atoms with Crippen molar-refractivity contribution in [1.82, 2.24) is 0 Å². The molecule has 2 N–H and O–H groups in total. The van der Waals surface area contributed by atoms with Gasteiger partial charge in [0.05, 0.1) is 13.2 Å². The van der Waals surface area contributed by atoms with Gasteiger partial charge in [-0.25, -0.2) is 0 Å². The first-order valence-electron chi connectivity index (χ1n) is 4.91. The lowest BCUT2D eigenvalue weighted by Gasteiger charge is -2.03. The number of aryl methyl sites for hydroxylation is 1. The van der Waals surface area contributed by atoms with Crippen molar-refractivity contribution in [2.45, 2.75) is 40.4 Å². The van der Waals surface area contributed by atoms with E-state index in [9.17, 15) is 5.11 Å².